The van der Waals surface area contributed by atoms with E-state index in [-0.39, 0.29) is 0 Å². The smallest absolute Gasteiger partial charge is 0.133 e. The standard InChI is InChI=1S/C25H33NO/c1-16-12-17(15-26-14-16)21-6-7-22-20-5-4-18-13-19(27)8-10-24(18,2)23(20)9-11-25(21,22)3/h6,12,14-15,18,20,22-23H,4-5,7-11,13H2,1-3H3. The molecule has 1 aromatic rings. The van der Waals surface area contributed by atoms with Gasteiger partial charge >= 0.3 is 0 Å². The van der Waals surface area contributed by atoms with Gasteiger partial charge in [0.2, 0.25) is 0 Å². The summed E-state index contributed by atoms with van der Waals surface area (Å²) in [6.07, 6.45) is 15.9. The molecule has 0 saturated heterocycles. The van der Waals surface area contributed by atoms with Crippen LogP contribution in [0.5, 0.6) is 0 Å². The molecule has 0 spiro atoms. The Labute approximate surface area is 163 Å². The number of hydrogen-bond donors (Lipinski definition) is 0. The minimum atomic E-state index is 0.310. The third-order valence-corrected chi connectivity index (χ3v) is 9.25. The predicted octanol–water partition coefficient (Wildman–Crippen LogP) is 6.00. The first-order valence-corrected chi connectivity index (χ1v) is 11.1. The normalized spacial score (nSPS) is 43.5. The Bertz CT molecular complexity index is 810. The summed E-state index contributed by atoms with van der Waals surface area (Å²) in [6, 6.07) is 2.32. The number of hydrogen-bond acceptors (Lipinski definition) is 2. The van der Waals surface area contributed by atoms with Crippen LogP contribution in [0.15, 0.2) is 24.5 Å². The van der Waals surface area contributed by atoms with E-state index in [1.807, 2.05) is 6.20 Å². The highest BCUT2D eigenvalue weighted by atomic mass is 16.1. The molecule has 3 saturated carbocycles. The fourth-order valence-electron chi connectivity index (χ4n) is 7.76. The zero-order valence-electron chi connectivity index (χ0n) is 17.1. The minimum Gasteiger partial charge on any atom is -0.300 e. The highest BCUT2D eigenvalue weighted by Crippen LogP contribution is 2.67. The van der Waals surface area contributed by atoms with Gasteiger partial charge in [-0.05, 0) is 103 Å². The molecule has 2 nitrogen and oxygen atoms in total. The number of rotatable bonds is 1. The number of allylic oxidation sites excluding steroid dienone is 2. The monoisotopic (exact) mass is 363 g/mol. The van der Waals surface area contributed by atoms with Crippen molar-refractivity contribution >= 4 is 11.4 Å². The first kappa shape index (κ1) is 17.6. The molecule has 6 unspecified atom stereocenters. The Kier molecular flexibility index (Phi) is 3.94. The van der Waals surface area contributed by atoms with Crippen molar-refractivity contribution in [3.05, 3.63) is 35.7 Å². The maximum atomic E-state index is 12.1. The molecule has 6 atom stereocenters. The fraction of sp³-hybridized carbons (Fsp3) is 0.680. The molecule has 0 aliphatic heterocycles. The molecule has 1 heterocycles. The molecule has 0 N–H and O–H groups in total. The van der Waals surface area contributed by atoms with Crippen LogP contribution in [0.1, 0.15) is 76.3 Å². The molecule has 3 fully saturated rings. The van der Waals surface area contributed by atoms with Gasteiger partial charge in [-0.15, -0.1) is 0 Å². The largest absolute Gasteiger partial charge is 0.300 e. The van der Waals surface area contributed by atoms with Crippen LogP contribution in [0, 0.1) is 41.4 Å². The third-order valence-electron chi connectivity index (χ3n) is 9.25. The number of carbonyl (C=O) groups excluding carboxylic acids is 1. The summed E-state index contributed by atoms with van der Waals surface area (Å²) in [4.78, 5) is 16.5. The maximum absolute atomic E-state index is 12.1. The molecular weight excluding hydrogens is 330 g/mol. The molecule has 0 amide bonds. The predicted molar refractivity (Wildman–Crippen MR) is 109 cm³/mol. The number of carbonyl (C=O) groups is 1. The SMILES string of the molecule is Cc1cncc(C2=CCC3C4CCC5CC(=O)CCC5(C)C4CCC23C)c1. The first-order valence-electron chi connectivity index (χ1n) is 11.1. The second-order valence-electron chi connectivity index (χ2n) is 10.5. The van der Waals surface area contributed by atoms with E-state index < -0.39 is 0 Å². The molecule has 144 valence electrons. The Morgan fingerprint density at radius 2 is 1.93 bits per heavy atom. The topological polar surface area (TPSA) is 30.0 Å². The Balaban J connectivity index is 1.45. The van der Waals surface area contributed by atoms with Gasteiger partial charge in [0, 0.05) is 25.2 Å². The van der Waals surface area contributed by atoms with E-state index in [9.17, 15) is 4.79 Å². The summed E-state index contributed by atoms with van der Waals surface area (Å²) in [7, 11) is 0. The number of nitrogens with zero attached hydrogens (tertiary/aromatic N) is 1. The Morgan fingerprint density at radius 3 is 2.74 bits per heavy atom. The number of ketones is 1. The van der Waals surface area contributed by atoms with Gasteiger partial charge in [-0.25, -0.2) is 0 Å². The lowest BCUT2D eigenvalue weighted by Gasteiger charge is -2.60. The Hall–Kier alpha value is -1.44. The lowest BCUT2D eigenvalue weighted by molar-refractivity contribution is -0.136. The first-order chi connectivity index (χ1) is 12.9. The molecular formula is C25H33NO. The molecule has 1 aromatic heterocycles. The second-order valence-corrected chi connectivity index (χ2v) is 10.5. The lowest BCUT2D eigenvalue weighted by atomic mass is 9.44. The zero-order valence-corrected chi connectivity index (χ0v) is 17.1. The van der Waals surface area contributed by atoms with E-state index in [0.29, 0.717) is 22.5 Å². The zero-order chi connectivity index (χ0) is 18.8. The van der Waals surface area contributed by atoms with E-state index in [0.717, 1.165) is 37.0 Å². The third kappa shape index (κ3) is 2.51. The van der Waals surface area contributed by atoms with Crippen molar-refractivity contribution in [3.8, 4) is 0 Å². The van der Waals surface area contributed by atoms with Gasteiger partial charge in [0.05, 0.1) is 0 Å². The fourth-order valence-corrected chi connectivity index (χ4v) is 7.76. The number of aromatic nitrogens is 1. The van der Waals surface area contributed by atoms with Gasteiger partial charge in [0.15, 0.2) is 0 Å². The van der Waals surface area contributed by atoms with Gasteiger partial charge in [0.1, 0.15) is 5.78 Å². The van der Waals surface area contributed by atoms with E-state index in [1.165, 1.54) is 43.2 Å². The van der Waals surface area contributed by atoms with Crippen molar-refractivity contribution in [2.24, 2.45) is 34.5 Å². The second kappa shape index (κ2) is 6.03. The molecule has 0 bridgehead atoms. The Morgan fingerprint density at radius 1 is 1.07 bits per heavy atom. The molecule has 4 aliphatic rings. The molecule has 27 heavy (non-hydrogen) atoms. The van der Waals surface area contributed by atoms with Gasteiger partial charge in [-0.2, -0.15) is 0 Å². The average molecular weight is 364 g/mol. The summed E-state index contributed by atoms with van der Waals surface area (Å²) in [6.45, 7) is 7.22. The highest BCUT2D eigenvalue weighted by molar-refractivity contribution is 5.79. The highest BCUT2D eigenvalue weighted by Gasteiger charge is 2.58. The summed E-state index contributed by atoms with van der Waals surface area (Å²) in [5.41, 5.74) is 4.89. The summed E-state index contributed by atoms with van der Waals surface area (Å²) in [5, 5.41) is 0. The molecule has 0 radical (unpaired) electrons. The molecule has 4 aliphatic carbocycles. The number of aryl methyl sites for hydroxylation is 1. The van der Waals surface area contributed by atoms with Crippen LogP contribution in [0.3, 0.4) is 0 Å². The number of pyridine rings is 1. The number of fused-ring (bicyclic) bond motifs is 5. The lowest BCUT2D eigenvalue weighted by Crippen LogP contribution is -2.53. The minimum absolute atomic E-state index is 0.310. The van der Waals surface area contributed by atoms with Crippen molar-refractivity contribution in [3.63, 3.8) is 0 Å². The summed E-state index contributed by atoms with van der Waals surface area (Å²) >= 11 is 0. The van der Waals surface area contributed by atoms with Crippen LogP contribution in [-0.4, -0.2) is 10.8 Å². The van der Waals surface area contributed by atoms with E-state index in [1.54, 1.807) is 5.57 Å². The van der Waals surface area contributed by atoms with Crippen LogP contribution in [0.2, 0.25) is 0 Å². The number of Topliss-reactive ketones (excluding diaryl/α,β-unsaturated/α-hetero) is 1. The van der Waals surface area contributed by atoms with Crippen molar-refractivity contribution in [2.45, 2.75) is 72.1 Å². The van der Waals surface area contributed by atoms with Gasteiger partial charge < -0.3 is 0 Å². The van der Waals surface area contributed by atoms with Gasteiger partial charge in [-0.3, -0.25) is 9.78 Å². The van der Waals surface area contributed by atoms with E-state index in [4.69, 9.17) is 0 Å². The molecule has 2 heteroatoms. The molecule has 0 aromatic carbocycles. The average Bonchev–Trinajstić information content (AvgIpc) is 2.99. The summed E-state index contributed by atoms with van der Waals surface area (Å²) in [5.74, 6) is 3.62. The summed E-state index contributed by atoms with van der Waals surface area (Å²) < 4.78 is 0. The quantitative estimate of drug-likeness (QED) is 0.613. The van der Waals surface area contributed by atoms with Crippen molar-refractivity contribution in [1.29, 1.82) is 0 Å². The van der Waals surface area contributed by atoms with Crippen LogP contribution >= 0.6 is 0 Å². The van der Waals surface area contributed by atoms with Crippen molar-refractivity contribution in [2.75, 3.05) is 0 Å². The van der Waals surface area contributed by atoms with Crippen LogP contribution < -0.4 is 0 Å². The van der Waals surface area contributed by atoms with Crippen LogP contribution in [0.25, 0.3) is 5.57 Å². The maximum Gasteiger partial charge on any atom is 0.133 e. The van der Waals surface area contributed by atoms with Gasteiger partial charge in [0.25, 0.3) is 0 Å². The van der Waals surface area contributed by atoms with Gasteiger partial charge in [-0.1, -0.05) is 19.9 Å². The van der Waals surface area contributed by atoms with E-state index in [2.05, 4.69) is 44.1 Å². The molecule has 5 rings (SSSR count). The van der Waals surface area contributed by atoms with Crippen LogP contribution in [0.4, 0.5) is 0 Å². The van der Waals surface area contributed by atoms with Crippen molar-refractivity contribution < 1.29 is 4.79 Å². The van der Waals surface area contributed by atoms with Crippen LogP contribution in [-0.2, 0) is 4.79 Å². The van der Waals surface area contributed by atoms with E-state index >= 15 is 0 Å². The van der Waals surface area contributed by atoms with Crippen molar-refractivity contribution in [1.82, 2.24) is 4.98 Å².